The largest absolute Gasteiger partial charge is 0.507 e. The molecule has 0 aliphatic rings. The van der Waals surface area contributed by atoms with Gasteiger partial charge in [-0.05, 0) is 0 Å². The second-order valence-electron chi connectivity index (χ2n) is 2.35. The summed E-state index contributed by atoms with van der Waals surface area (Å²) in [6, 6.07) is 0.692. The number of aromatic nitrogens is 1. The highest BCUT2D eigenvalue weighted by Crippen LogP contribution is 2.29. The van der Waals surface area contributed by atoms with E-state index in [1.165, 1.54) is 0 Å². The number of pyridine rings is 1. The van der Waals surface area contributed by atoms with Gasteiger partial charge >= 0.3 is 0 Å². The second-order valence-corrected chi connectivity index (χ2v) is 2.61. The van der Waals surface area contributed by atoms with Gasteiger partial charge in [0.05, 0.1) is 11.4 Å². The minimum atomic E-state index is -2.86. The van der Waals surface area contributed by atoms with Gasteiger partial charge in [0, 0.05) is 11.8 Å². The van der Waals surface area contributed by atoms with Crippen molar-refractivity contribution in [1.82, 2.24) is 4.98 Å². The van der Waals surface area contributed by atoms with Gasteiger partial charge in [0.1, 0.15) is 5.75 Å². The van der Waals surface area contributed by atoms with Crippen molar-refractivity contribution in [1.29, 1.82) is 0 Å². The predicted octanol–water partition coefficient (Wildman–Crippen LogP) is 1.76. The standard InChI is InChI=1S/C7H6ClF2NO2/c8-2-3-6(7(9)10)4(12)1-5(13)11-3/h1,7H,2H2,(H2,11,12,13). The van der Waals surface area contributed by atoms with Crippen molar-refractivity contribution in [3.8, 4) is 5.75 Å². The fraction of sp³-hybridized carbons (Fsp3) is 0.286. The van der Waals surface area contributed by atoms with Crippen LogP contribution < -0.4 is 5.56 Å². The van der Waals surface area contributed by atoms with Crippen molar-refractivity contribution in [3.63, 3.8) is 0 Å². The lowest BCUT2D eigenvalue weighted by molar-refractivity contribution is 0.146. The van der Waals surface area contributed by atoms with Gasteiger partial charge in [0.15, 0.2) is 0 Å². The normalized spacial score (nSPS) is 10.8. The minimum absolute atomic E-state index is 0.151. The van der Waals surface area contributed by atoms with Crippen LogP contribution >= 0.6 is 11.6 Å². The highest BCUT2D eigenvalue weighted by atomic mass is 35.5. The molecule has 1 rings (SSSR count). The summed E-state index contributed by atoms with van der Waals surface area (Å²) in [6.07, 6.45) is -2.86. The van der Waals surface area contributed by atoms with E-state index in [0.29, 0.717) is 6.07 Å². The molecular formula is C7H6ClF2NO2. The fourth-order valence-electron chi connectivity index (χ4n) is 0.958. The first-order valence-corrected chi connectivity index (χ1v) is 3.89. The second kappa shape index (κ2) is 3.74. The summed E-state index contributed by atoms with van der Waals surface area (Å²) in [7, 11) is 0. The van der Waals surface area contributed by atoms with Crippen molar-refractivity contribution in [2.45, 2.75) is 12.3 Å². The van der Waals surface area contributed by atoms with E-state index in [4.69, 9.17) is 16.7 Å². The van der Waals surface area contributed by atoms with Crippen molar-refractivity contribution >= 4 is 11.6 Å². The van der Waals surface area contributed by atoms with Crippen LogP contribution in [0.2, 0.25) is 0 Å². The van der Waals surface area contributed by atoms with E-state index in [1.807, 2.05) is 0 Å². The van der Waals surface area contributed by atoms with E-state index < -0.39 is 23.3 Å². The summed E-state index contributed by atoms with van der Waals surface area (Å²) in [5.74, 6) is -1.00. The van der Waals surface area contributed by atoms with Gasteiger partial charge in [0.25, 0.3) is 12.0 Å². The Hall–Kier alpha value is -1.10. The first kappa shape index (κ1) is 9.98. The number of rotatable bonds is 2. The molecule has 0 spiro atoms. The molecular weight excluding hydrogens is 204 g/mol. The Bertz CT molecular complexity index is 364. The lowest BCUT2D eigenvalue weighted by Gasteiger charge is -2.06. The predicted molar refractivity (Wildman–Crippen MR) is 43.2 cm³/mol. The molecule has 6 heteroatoms. The van der Waals surface area contributed by atoms with Crippen LogP contribution in [0.3, 0.4) is 0 Å². The number of aromatic hydroxyl groups is 1. The molecule has 13 heavy (non-hydrogen) atoms. The smallest absolute Gasteiger partial charge is 0.269 e. The first-order valence-electron chi connectivity index (χ1n) is 3.35. The van der Waals surface area contributed by atoms with Gasteiger partial charge in [-0.15, -0.1) is 11.6 Å². The molecule has 0 aliphatic heterocycles. The molecule has 0 fully saturated rings. The number of H-pyrrole nitrogens is 1. The lowest BCUT2D eigenvalue weighted by Crippen LogP contribution is -2.10. The number of aromatic amines is 1. The van der Waals surface area contributed by atoms with Crippen LogP contribution in [0, 0.1) is 0 Å². The number of hydrogen-bond acceptors (Lipinski definition) is 2. The maximum atomic E-state index is 12.3. The van der Waals surface area contributed by atoms with Crippen LogP contribution in [0.15, 0.2) is 10.9 Å². The topological polar surface area (TPSA) is 53.1 Å². The van der Waals surface area contributed by atoms with E-state index in [2.05, 4.69) is 4.98 Å². The van der Waals surface area contributed by atoms with Crippen LogP contribution in [-0.2, 0) is 5.88 Å². The first-order chi connectivity index (χ1) is 6.06. The molecule has 0 radical (unpaired) electrons. The summed E-state index contributed by atoms with van der Waals surface area (Å²) in [5, 5.41) is 9.02. The van der Waals surface area contributed by atoms with E-state index >= 15 is 0 Å². The summed E-state index contributed by atoms with van der Waals surface area (Å²) in [6.45, 7) is 0. The molecule has 0 amide bonds. The molecule has 0 aromatic carbocycles. The third kappa shape index (κ3) is 1.98. The van der Waals surface area contributed by atoms with Crippen LogP contribution in [0.5, 0.6) is 5.75 Å². The van der Waals surface area contributed by atoms with Crippen LogP contribution in [-0.4, -0.2) is 10.1 Å². The molecule has 2 N–H and O–H groups in total. The Morgan fingerprint density at radius 1 is 1.62 bits per heavy atom. The molecule has 1 aromatic rings. The number of nitrogens with one attached hydrogen (secondary N) is 1. The third-order valence-corrected chi connectivity index (χ3v) is 1.76. The molecule has 3 nitrogen and oxygen atoms in total. The molecule has 0 saturated heterocycles. The fourth-order valence-corrected chi connectivity index (χ4v) is 1.17. The van der Waals surface area contributed by atoms with Crippen LogP contribution in [0.1, 0.15) is 17.7 Å². The van der Waals surface area contributed by atoms with E-state index in [1.54, 1.807) is 0 Å². The van der Waals surface area contributed by atoms with Crippen molar-refractivity contribution in [2.75, 3.05) is 0 Å². The zero-order valence-corrected chi connectivity index (χ0v) is 7.11. The maximum absolute atomic E-state index is 12.3. The van der Waals surface area contributed by atoms with Crippen molar-refractivity contribution < 1.29 is 13.9 Å². The average Bonchev–Trinajstić information content (AvgIpc) is 2.01. The summed E-state index contributed by atoms with van der Waals surface area (Å²) < 4.78 is 24.5. The molecule has 1 aromatic heterocycles. The quantitative estimate of drug-likeness (QED) is 0.730. The Balaban J connectivity index is 3.38. The van der Waals surface area contributed by atoms with Crippen LogP contribution in [0.4, 0.5) is 8.78 Å². The molecule has 0 bridgehead atoms. The lowest BCUT2D eigenvalue weighted by atomic mass is 10.2. The van der Waals surface area contributed by atoms with Gasteiger partial charge in [-0.3, -0.25) is 4.79 Å². The number of halogens is 3. The Morgan fingerprint density at radius 2 is 2.23 bits per heavy atom. The van der Waals surface area contributed by atoms with Crippen molar-refractivity contribution in [2.24, 2.45) is 0 Å². The third-order valence-electron chi connectivity index (χ3n) is 1.49. The van der Waals surface area contributed by atoms with E-state index in [0.717, 1.165) is 0 Å². The average molecular weight is 210 g/mol. The van der Waals surface area contributed by atoms with E-state index in [9.17, 15) is 13.6 Å². The highest BCUT2D eigenvalue weighted by Gasteiger charge is 2.18. The number of alkyl halides is 3. The Kier molecular flexibility index (Phi) is 2.87. The maximum Gasteiger partial charge on any atom is 0.269 e. The van der Waals surface area contributed by atoms with Crippen LogP contribution in [0.25, 0.3) is 0 Å². The van der Waals surface area contributed by atoms with Gasteiger partial charge in [-0.25, -0.2) is 8.78 Å². The molecule has 72 valence electrons. The van der Waals surface area contributed by atoms with Gasteiger partial charge < -0.3 is 10.1 Å². The SMILES string of the molecule is O=c1cc(O)c(C(F)F)c(CCl)[nH]1. The molecule has 0 unspecified atom stereocenters. The van der Waals surface area contributed by atoms with Gasteiger partial charge in [-0.2, -0.15) is 0 Å². The van der Waals surface area contributed by atoms with Crippen molar-refractivity contribution in [3.05, 3.63) is 27.7 Å². The number of hydrogen-bond donors (Lipinski definition) is 2. The summed E-state index contributed by atoms with van der Waals surface area (Å²) in [5.41, 5.74) is -1.42. The molecule has 0 aliphatic carbocycles. The molecule has 1 heterocycles. The summed E-state index contributed by atoms with van der Waals surface area (Å²) >= 11 is 5.31. The Labute approximate surface area is 77.0 Å². The van der Waals surface area contributed by atoms with Gasteiger partial charge in [0.2, 0.25) is 0 Å². The highest BCUT2D eigenvalue weighted by molar-refractivity contribution is 6.17. The zero-order valence-electron chi connectivity index (χ0n) is 6.35. The van der Waals surface area contributed by atoms with E-state index in [-0.39, 0.29) is 11.6 Å². The molecule has 0 atom stereocenters. The van der Waals surface area contributed by atoms with Gasteiger partial charge in [-0.1, -0.05) is 0 Å². The monoisotopic (exact) mass is 209 g/mol. The molecule has 0 saturated carbocycles. The summed E-state index contributed by atoms with van der Waals surface area (Å²) in [4.78, 5) is 12.8. The zero-order chi connectivity index (χ0) is 10.0. The Morgan fingerprint density at radius 3 is 2.69 bits per heavy atom. The minimum Gasteiger partial charge on any atom is -0.507 e.